The third-order valence-corrected chi connectivity index (χ3v) is 7.82. The van der Waals surface area contributed by atoms with Gasteiger partial charge in [-0.2, -0.15) is 15.0 Å². The molecule has 0 unspecified atom stereocenters. The van der Waals surface area contributed by atoms with Gasteiger partial charge in [-0.05, 0) is 87.5 Å². The van der Waals surface area contributed by atoms with E-state index in [1.54, 1.807) is 0 Å². The van der Waals surface area contributed by atoms with Gasteiger partial charge in [-0.15, -0.1) is 0 Å². The molecule has 0 amide bonds. The Morgan fingerprint density at radius 3 is 1.61 bits per heavy atom. The van der Waals surface area contributed by atoms with Gasteiger partial charge in [-0.25, -0.2) is 0 Å². The lowest BCUT2D eigenvalue weighted by molar-refractivity contribution is 0.122. The Hall–Kier alpha value is -1.67. The average molecular weight is 460 g/mol. The predicted octanol–water partition coefficient (Wildman–Crippen LogP) is 3.74. The van der Waals surface area contributed by atoms with E-state index >= 15 is 0 Å². The number of nitrogens with zero attached hydrogens (tertiary/aromatic N) is 6. The van der Waals surface area contributed by atoms with E-state index in [1.165, 1.54) is 6.42 Å². The summed E-state index contributed by atoms with van der Waals surface area (Å²) in [4.78, 5) is 22.5. The van der Waals surface area contributed by atoms with Crippen LogP contribution in [0.25, 0.3) is 0 Å². The molecule has 3 aliphatic rings. The van der Waals surface area contributed by atoms with Gasteiger partial charge in [0, 0.05) is 41.3 Å². The molecule has 186 valence electrons. The Morgan fingerprint density at radius 2 is 1.12 bits per heavy atom. The van der Waals surface area contributed by atoms with Gasteiger partial charge >= 0.3 is 0 Å². The average Bonchev–Trinajstić information content (AvgIpc) is 2.64. The van der Waals surface area contributed by atoms with Crippen LogP contribution in [0.4, 0.5) is 17.8 Å². The van der Waals surface area contributed by atoms with Gasteiger partial charge in [-0.1, -0.05) is 0 Å². The zero-order valence-electron chi connectivity index (χ0n) is 22.1. The maximum Gasteiger partial charge on any atom is 0.232 e. The summed E-state index contributed by atoms with van der Waals surface area (Å²) < 4.78 is 5.61. The number of ether oxygens (including phenoxy) is 1. The lowest BCUT2D eigenvalue weighted by Gasteiger charge is -2.55. The van der Waals surface area contributed by atoms with Crippen molar-refractivity contribution < 1.29 is 4.74 Å². The Bertz CT molecular complexity index is 826. The summed E-state index contributed by atoms with van der Waals surface area (Å²) in [6.45, 7) is 21.3. The number of morpholine rings is 1. The molecule has 1 aromatic rings. The number of hydrogen-bond acceptors (Lipinski definition) is 8. The van der Waals surface area contributed by atoms with Crippen molar-refractivity contribution in [3.8, 4) is 0 Å². The molecule has 4 heterocycles. The molecule has 3 saturated heterocycles. The number of aromatic nitrogens is 3. The smallest absolute Gasteiger partial charge is 0.232 e. The van der Waals surface area contributed by atoms with Gasteiger partial charge < -0.3 is 25.2 Å². The fourth-order valence-corrected chi connectivity index (χ4v) is 6.88. The fourth-order valence-electron chi connectivity index (χ4n) is 6.88. The van der Waals surface area contributed by atoms with Crippen molar-refractivity contribution in [2.24, 2.45) is 5.73 Å². The minimum Gasteiger partial charge on any atom is -0.378 e. The van der Waals surface area contributed by atoms with Gasteiger partial charge in [-0.3, -0.25) is 0 Å². The van der Waals surface area contributed by atoms with Crippen molar-refractivity contribution in [3.05, 3.63) is 0 Å². The Kier molecular flexibility index (Phi) is 6.09. The number of rotatable bonds is 3. The lowest BCUT2D eigenvalue weighted by atomic mass is 9.77. The molecule has 0 aliphatic carbocycles. The van der Waals surface area contributed by atoms with Crippen molar-refractivity contribution in [1.29, 1.82) is 0 Å². The molecule has 0 aromatic carbocycles. The standard InChI is InChI=1S/C25H45N7O/c1-22(2)10-9-11-23(3,4)31(22)20-27-19(30-12-14-33-15-13-30)28-21(29-20)32-24(5,6)16-18(26)17-25(32,7)8/h18H,9-17,26H2,1-8H3. The molecule has 3 aliphatic heterocycles. The van der Waals surface area contributed by atoms with E-state index < -0.39 is 0 Å². The molecule has 3 fully saturated rings. The van der Waals surface area contributed by atoms with Gasteiger partial charge in [0.15, 0.2) is 0 Å². The summed E-state index contributed by atoms with van der Waals surface area (Å²) in [6, 6.07) is 0.172. The number of anilines is 3. The molecule has 8 nitrogen and oxygen atoms in total. The topological polar surface area (TPSA) is 83.6 Å². The third kappa shape index (κ3) is 4.65. The molecule has 0 atom stereocenters. The molecule has 4 rings (SSSR count). The Labute approximate surface area is 200 Å². The molecule has 0 saturated carbocycles. The van der Waals surface area contributed by atoms with Gasteiger partial charge in [0.25, 0.3) is 0 Å². The quantitative estimate of drug-likeness (QED) is 0.732. The van der Waals surface area contributed by atoms with Gasteiger partial charge in [0.2, 0.25) is 17.8 Å². The normalized spacial score (nSPS) is 27.0. The van der Waals surface area contributed by atoms with Crippen LogP contribution in [0.5, 0.6) is 0 Å². The van der Waals surface area contributed by atoms with Gasteiger partial charge in [0.1, 0.15) is 0 Å². The van der Waals surface area contributed by atoms with E-state index in [4.69, 9.17) is 25.4 Å². The monoisotopic (exact) mass is 459 g/mol. The zero-order valence-corrected chi connectivity index (χ0v) is 22.1. The van der Waals surface area contributed by atoms with Crippen LogP contribution in [-0.4, -0.2) is 69.5 Å². The second-order valence-corrected chi connectivity index (χ2v) is 12.8. The van der Waals surface area contributed by atoms with Crippen LogP contribution >= 0.6 is 0 Å². The third-order valence-electron chi connectivity index (χ3n) is 7.82. The number of hydrogen-bond donors (Lipinski definition) is 1. The zero-order chi connectivity index (χ0) is 24.2. The minimum atomic E-state index is -0.158. The number of nitrogens with two attached hydrogens (primary N) is 1. The van der Waals surface area contributed by atoms with E-state index in [0.717, 1.165) is 56.6 Å². The molecule has 8 heteroatoms. The van der Waals surface area contributed by atoms with Crippen LogP contribution in [0.3, 0.4) is 0 Å². The van der Waals surface area contributed by atoms with E-state index in [1.807, 2.05) is 0 Å². The summed E-state index contributed by atoms with van der Waals surface area (Å²) >= 11 is 0. The summed E-state index contributed by atoms with van der Waals surface area (Å²) in [5.41, 5.74) is 6.11. The first-order valence-electron chi connectivity index (χ1n) is 12.7. The van der Waals surface area contributed by atoms with Crippen molar-refractivity contribution in [3.63, 3.8) is 0 Å². The first-order valence-corrected chi connectivity index (χ1v) is 12.7. The van der Waals surface area contributed by atoms with Crippen LogP contribution < -0.4 is 20.4 Å². The Balaban J connectivity index is 1.87. The highest BCUT2D eigenvalue weighted by molar-refractivity contribution is 5.52. The van der Waals surface area contributed by atoms with Crippen molar-refractivity contribution in [2.75, 3.05) is 41.0 Å². The SMILES string of the molecule is CC1(C)CCCC(C)(C)N1c1nc(N2CCOCC2)nc(N2C(C)(C)CC(N)CC2(C)C)n1. The lowest BCUT2D eigenvalue weighted by Crippen LogP contribution is -2.64. The summed E-state index contributed by atoms with van der Waals surface area (Å²) in [7, 11) is 0. The second-order valence-electron chi connectivity index (χ2n) is 12.8. The molecule has 0 spiro atoms. The van der Waals surface area contributed by atoms with Crippen molar-refractivity contribution in [1.82, 2.24) is 15.0 Å². The van der Waals surface area contributed by atoms with Crippen LogP contribution in [0, 0.1) is 0 Å². The van der Waals surface area contributed by atoms with E-state index in [9.17, 15) is 0 Å². The molecular weight excluding hydrogens is 414 g/mol. The van der Waals surface area contributed by atoms with Crippen molar-refractivity contribution >= 4 is 17.8 Å². The number of piperidine rings is 2. The van der Waals surface area contributed by atoms with Crippen LogP contribution in [0.15, 0.2) is 0 Å². The molecule has 2 N–H and O–H groups in total. The molecule has 0 bridgehead atoms. The first kappa shape index (κ1) is 24.5. The van der Waals surface area contributed by atoms with Crippen LogP contribution in [0.2, 0.25) is 0 Å². The highest BCUT2D eigenvalue weighted by Crippen LogP contribution is 2.44. The van der Waals surface area contributed by atoms with E-state index in [2.05, 4.69) is 70.1 Å². The molecule has 33 heavy (non-hydrogen) atoms. The maximum atomic E-state index is 6.48. The van der Waals surface area contributed by atoms with E-state index in [-0.39, 0.29) is 28.2 Å². The predicted molar refractivity (Wildman–Crippen MR) is 135 cm³/mol. The maximum absolute atomic E-state index is 6.48. The minimum absolute atomic E-state index is 0.0298. The Morgan fingerprint density at radius 1 is 0.697 bits per heavy atom. The fraction of sp³-hybridized carbons (Fsp3) is 0.880. The molecule has 1 aromatic heterocycles. The molecular formula is C25H45N7O. The second kappa shape index (κ2) is 8.22. The largest absolute Gasteiger partial charge is 0.378 e. The van der Waals surface area contributed by atoms with E-state index in [0.29, 0.717) is 13.2 Å². The summed E-state index contributed by atoms with van der Waals surface area (Å²) in [6.07, 6.45) is 5.28. The summed E-state index contributed by atoms with van der Waals surface area (Å²) in [5.74, 6) is 2.31. The summed E-state index contributed by atoms with van der Waals surface area (Å²) in [5, 5.41) is 0. The van der Waals surface area contributed by atoms with Gasteiger partial charge in [0.05, 0.1) is 13.2 Å². The van der Waals surface area contributed by atoms with Crippen LogP contribution in [0.1, 0.15) is 87.5 Å². The molecule has 0 radical (unpaired) electrons. The highest BCUT2D eigenvalue weighted by atomic mass is 16.5. The first-order chi connectivity index (χ1) is 15.2. The van der Waals surface area contributed by atoms with Crippen LogP contribution in [-0.2, 0) is 4.74 Å². The highest BCUT2D eigenvalue weighted by Gasteiger charge is 2.48. The van der Waals surface area contributed by atoms with Crippen molar-refractivity contribution in [2.45, 2.75) is 116 Å².